The normalized spacial score (nSPS) is 30.0. The lowest BCUT2D eigenvalue weighted by molar-refractivity contribution is -0.147. The molecule has 0 aromatic carbocycles. The Hall–Kier alpha value is -1.16. The number of Topliss-reactive ketones (excluding diaryl/α,β-unsaturated/α-hetero) is 1. The zero-order chi connectivity index (χ0) is 19.6. The molecule has 27 heavy (non-hydrogen) atoms. The lowest BCUT2D eigenvalue weighted by Crippen LogP contribution is -2.39. The van der Waals surface area contributed by atoms with Crippen LogP contribution in [0.5, 0.6) is 0 Å². The number of hydrogen-bond acceptors (Lipinski definition) is 4. The summed E-state index contributed by atoms with van der Waals surface area (Å²) < 4.78 is 5.60. The number of esters is 1. The monoisotopic (exact) mass is 390 g/mol. The second kappa shape index (κ2) is 8.46. The molecule has 2 aliphatic carbocycles. The lowest BCUT2D eigenvalue weighted by Gasteiger charge is -2.42. The number of ketones is 1. The molecule has 0 radical (unpaired) electrons. The van der Waals surface area contributed by atoms with Crippen molar-refractivity contribution < 1.29 is 14.3 Å². The third-order valence-electron chi connectivity index (χ3n) is 7.13. The molecule has 0 bridgehead atoms. The zero-order valence-electron chi connectivity index (χ0n) is 17.3. The van der Waals surface area contributed by atoms with Crippen molar-refractivity contribution in [1.29, 1.82) is 0 Å². The van der Waals surface area contributed by atoms with E-state index in [-0.39, 0.29) is 17.5 Å². The molecule has 1 aromatic rings. The fourth-order valence-corrected chi connectivity index (χ4v) is 6.77. The van der Waals surface area contributed by atoms with E-state index in [9.17, 15) is 9.59 Å². The molecule has 3 rings (SSSR count). The van der Waals surface area contributed by atoms with Gasteiger partial charge in [-0.05, 0) is 79.7 Å². The molecular weight excluding hydrogens is 356 g/mol. The summed E-state index contributed by atoms with van der Waals surface area (Å²) in [6.45, 7) is 8.32. The van der Waals surface area contributed by atoms with E-state index in [1.165, 1.54) is 25.3 Å². The van der Waals surface area contributed by atoms with Gasteiger partial charge < -0.3 is 4.74 Å². The highest BCUT2D eigenvalue weighted by atomic mass is 32.1. The minimum absolute atomic E-state index is 0.114. The Morgan fingerprint density at radius 3 is 2.81 bits per heavy atom. The number of rotatable bonds is 7. The molecular formula is C23H34O3S. The van der Waals surface area contributed by atoms with Crippen LogP contribution in [0.25, 0.3) is 0 Å². The first-order chi connectivity index (χ1) is 12.8. The van der Waals surface area contributed by atoms with Gasteiger partial charge in [-0.25, -0.2) is 0 Å². The van der Waals surface area contributed by atoms with Gasteiger partial charge >= 0.3 is 5.97 Å². The fraction of sp³-hybridized carbons (Fsp3) is 0.739. The Bertz CT molecular complexity index is 679. The number of ether oxygens (including phenoxy) is 1. The number of aryl methyl sites for hydroxylation is 1. The molecule has 1 aromatic heterocycles. The highest BCUT2D eigenvalue weighted by Gasteiger charge is 2.52. The Kier molecular flexibility index (Phi) is 6.45. The average Bonchev–Trinajstić information content (AvgIpc) is 3.17. The van der Waals surface area contributed by atoms with Crippen molar-refractivity contribution in [1.82, 2.24) is 0 Å². The van der Waals surface area contributed by atoms with Gasteiger partial charge in [0, 0.05) is 24.1 Å². The molecule has 0 spiro atoms. The second-order valence-electron chi connectivity index (χ2n) is 9.09. The van der Waals surface area contributed by atoms with Gasteiger partial charge in [0.25, 0.3) is 0 Å². The first-order valence-electron chi connectivity index (χ1n) is 10.6. The summed E-state index contributed by atoms with van der Waals surface area (Å²) in [5.41, 5.74) is 1.45. The summed E-state index contributed by atoms with van der Waals surface area (Å²) in [4.78, 5) is 25.0. The highest BCUT2D eigenvalue weighted by Crippen LogP contribution is 2.57. The van der Waals surface area contributed by atoms with Crippen LogP contribution in [0.15, 0.2) is 11.4 Å². The molecule has 5 atom stereocenters. The maximum absolute atomic E-state index is 12.4. The molecule has 0 amide bonds. The second-order valence-corrected chi connectivity index (χ2v) is 10.0. The summed E-state index contributed by atoms with van der Waals surface area (Å²) in [7, 11) is 0. The number of carbonyl (C=O) groups is 2. The minimum atomic E-state index is -0.203. The molecule has 0 saturated heterocycles. The van der Waals surface area contributed by atoms with Gasteiger partial charge in [0.2, 0.25) is 0 Å². The molecule has 2 aliphatic rings. The van der Waals surface area contributed by atoms with Crippen LogP contribution in [0.2, 0.25) is 0 Å². The molecule has 3 nitrogen and oxygen atoms in total. The Morgan fingerprint density at radius 2 is 2.15 bits per heavy atom. The highest BCUT2D eigenvalue weighted by molar-refractivity contribution is 7.10. The number of carbonyl (C=O) groups excluding carboxylic acids is 2. The van der Waals surface area contributed by atoms with Gasteiger partial charge in [-0.3, -0.25) is 9.59 Å². The van der Waals surface area contributed by atoms with Crippen molar-refractivity contribution in [3.63, 3.8) is 0 Å². The maximum Gasteiger partial charge on any atom is 0.303 e. The van der Waals surface area contributed by atoms with Crippen LogP contribution in [0, 0.1) is 30.1 Å². The van der Waals surface area contributed by atoms with Crippen molar-refractivity contribution >= 4 is 23.1 Å². The summed E-state index contributed by atoms with van der Waals surface area (Å²) in [6, 6.07) is 2.14. The smallest absolute Gasteiger partial charge is 0.303 e. The van der Waals surface area contributed by atoms with E-state index >= 15 is 0 Å². The van der Waals surface area contributed by atoms with Gasteiger partial charge in [-0.1, -0.05) is 20.3 Å². The van der Waals surface area contributed by atoms with E-state index in [0.717, 1.165) is 43.4 Å². The van der Waals surface area contributed by atoms with E-state index in [2.05, 4.69) is 32.2 Å². The molecule has 150 valence electrons. The summed E-state index contributed by atoms with van der Waals surface area (Å²) in [5, 5.41) is 2.12. The van der Waals surface area contributed by atoms with Gasteiger partial charge in [-0.2, -0.15) is 0 Å². The largest absolute Gasteiger partial charge is 0.457 e. The predicted octanol–water partition coefficient (Wildman–Crippen LogP) is 6.25. The Labute approximate surface area is 167 Å². The van der Waals surface area contributed by atoms with Crippen molar-refractivity contribution in [3.05, 3.63) is 21.9 Å². The van der Waals surface area contributed by atoms with E-state index in [1.54, 1.807) is 11.3 Å². The van der Waals surface area contributed by atoms with Crippen molar-refractivity contribution in [2.24, 2.45) is 23.2 Å². The molecule has 0 N–H and O–H groups in total. The topological polar surface area (TPSA) is 43.4 Å². The van der Waals surface area contributed by atoms with E-state index in [4.69, 9.17) is 4.74 Å². The van der Waals surface area contributed by atoms with E-state index in [0.29, 0.717) is 23.5 Å². The molecule has 2 fully saturated rings. The first kappa shape index (κ1) is 20.6. The fourth-order valence-electron chi connectivity index (χ4n) is 5.81. The van der Waals surface area contributed by atoms with E-state index in [1.807, 2.05) is 0 Å². The maximum atomic E-state index is 12.4. The van der Waals surface area contributed by atoms with Crippen molar-refractivity contribution in [3.8, 4) is 0 Å². The summed E-state index contributed by atoms with van der Waals surface area (Å²) in [5.74, 6) is 1.89. The number of hydrogen-bond donors (Lipinski definition) is 0. The molecule has 2 saturated carbocycles. The van der Waals surface area contributed by atoms with E-state index < -0.39 is 0 Å². The van der Waals surface area contributed by atoms with Crippen LogP contribution < -0.4 is 0 Å². The Balaban J connectivity index is 1.57. The molecule has 0 aliphatic heterocycles. The molecule has 1 heterocycles. The Morgan fingerprint density at radius 1 is 1.37 bits per heavy atom. The summed E-state index contributed by atoms with van der Waals surface area (Å²) >= 11 is 1.68. The van der Waals surface area contributed by atoms with Crippen LogP contribution >= 0.6 is 11.3 Å². The minimum Gasteiger partial charge on any atom is -0.457 e. The van der Waals surface area contributed by atoms with Crippen LogP contribution in [-0.2, 0) is 14.3 Å². The SMILES string of the molecule is CC(=O)OC(CCCC(C)C1CCC2C(=O)CCCC21C)c1cc(C)cs1. The third-order valence-corrected chi connectivity index (χ3v) is 8.27. The van der Waals surface area contributed by atoms with Crippen LogP contribution in [-0.4, -0.2) is 11.8 Å². The first-order valence-corrected chi connectivity index (χ1v) is 11.4. The molecule has 4 heteroatoms. The van der Waals surface area contributed by atoms with Crippen LogP contribution in [0.3, 0.4) is 0 Å². The van der Waals surface area contributed by atoms with Gasteiger partial charge in [0.15, 0.2) is 0 Å². The lowest BCUT2D eigenvalue weighted by atomic mass is 9.62. The number of fused-ring (bicyclic) bond motifs is 1. The third kappa shape index (κ3) is 4.47. The zero-order valence-corrected chi connectivity index (χ0v) is 18.1. The van der Waals surface area contributed by atoms with Gasteiger partial charge in [0.1, 0.15) is 11.9 Å². The van der Waals surface area contributed by atoms with Crippen LogP contribution in [0.1, 0.15) is 88.7 Å². The standard InChI is InChI=1S/C23H34O3S/c1-15-13-22(27-14-15)21(26-17(3)24)9-5-7-16(2)18-10-11-19-20(25)8-6-12-23(18,19)4/h13-14,16,18-19,21H,5-12H2,1-4H3. The summed E-state index contributed by atoms with van der Waals surface area (Å²) in [6.07, 6.45) is 8.34. The molecule has 5 unspecified atom stereocenters. The van der Waals surface area contributed by atoms with Gasteiger partial charge in [0.05, 0.1) is 0 Å². The average molecular weight is 391 g/mol. The van der Waals surface area contributed by atoms with Crippen molar-refractivity contribution in [2.45, 2.75) is 85.2 Å². The van der Waals surface area contributed by atoms with Gasteiger partial charge in [-0.15, -0.1) is 11.3 Å². The van der Waals surface area contributed by atoms with Crippen molar-refractivity contribution in [2.75, 3.05) is 0 Å². The number of thiophene rings is 1. The predicted molar refractivity (Wildman–Crippen MR) is 110 cm³/mol. The quantitative estimate of drug-likeness (QED) is 0.517. The van der Waals surface area contributed by atoms with Crippen LogP contribution in [0.4, 0.5) is 0 Å².